The summed E-state index contributed by atoms with van der Waals surface area (Å²) in [5.74, 6) is -1.03. The number of pyridine rings is 1. The SMILES string of the molecule is O[C@]1(C(F)(F)F)[C@H]2CCCCC2=NN1c1nc(-c2ccncc2)cs1. The maximum Gasteiger partial charge on any atom is 0.439 e. The Morgan fingerprint density at radius 1 is 1.24 bits per heavy atom. The minimum Gasteiger partial charge on any atom is -0.362 e. The normalized spacial score (nSPS) is 26.5. The molecule has 132 valence electrons. The van der Waals surface area contributed by atoms with Crippen molar-refractivity contribution in [3.63, 3.8) is 0 Å². The minimum absolute atomic E-state index is 0.0357. The van der Waals surface area contributed by atoms with Crippen molar-refractivity contribution in [1.82, 2.24) is 9.97 Å². The van der Waals surface area contributed by atoms with Crippen molar-refractivity contribution in [2.24, 2.45) is 11.0 Å². The van der Waals surface area contributed by atoms with Gasteiger partial charge in [-0.3, -0.25) is 4.98 Å². The Morgan fingerprint density at radius 3 is 2.72 bits per heavy atom. The maximum absolute atomic E-state index is 13.8. The molecule has 4 rings (SSSR count). The molecular weight excluding hydrogens is 353 g/mol. The Hall–Kier alpha value is -2.00. The summed E-state index contributed by atoms with van der Waals surface area (Å²) >= 11 is 1.03. The summed E-state index contributed by atoms with van der Waals surface area (Å²) < 4.78 is 41.4. The largest absolute Gasteiger partial charge is 0.439 e. The van der Waals surface area contributed by atoms with Crippen LogP contribution >= 0.6 is 11.3 Å². The third kappa shape index (κ3) is 2.53. The molecule has 1 aliphatic carbocycles. The zero-order valence-corrected chi connectivity index (χ0v) is 13.9. The molecule has 5 nitrogen and oxygen atoms in total. The van der Waals surface area contributed by atoms with Crippen LogP contribution in [0.4, 0.5) is 18.3 Å². The number of aromatic nitrogens is 2. The first-order chi connectivity index (χ1) is 11.9. The molecular formula is C16H15F3N4OS. The van der Waals surface area contributed by atoms with E-state index in [4.69, 9.17) is 0 Å². The van der Waals surface area contributed by atoms with Crippen molar-refractivity contribution in [2.45, 2.75) is 37.6 Å². The van der Waals surface area contributed by atoms with Gasteiger partial charge in [-0.05, 0) is 31.4 Å². The molecule has 2 aromatic rings. The van der Waals surface area contributed by atoms with Gasteiger partial charge in [-0.2, -0.15) is 23.3 Å². The summed E-state index contributed by atoms with van der Waals surface area (Å²) in [6.45, 7) is 0. The summed E-state index contributed by atoms with van der Waals surface area (Å²) in [4.78, 5) is 8.19. The van der Waals surface area contributed by atoms with Gasteiger partial charge in [0.15, 0.2) is 0 Å². The number of fused-ring (bicyclic) bond motifs is 1. The van der Waals surface area contributed by atoms with Crippen LogP contribution in [0.15, 0.2) is 35.0 Å². The summed E-state index contributed by atoms with van der Waals surface area (Å²) in [6.07, 6.45) is 0.530. The van der Waals surface area contributed by atoms with E-state index in [0.29, 0.717) is 29.3 Å². The number of thiazole rings is 1. The highest BCUT2D eigenvalue weighted by atomic mass is 32.1. The van der Waals surface area contributed by atoms with E-state index in [9.17, 15) is 18.3 Å². The van der Waals surface area contributed by atoms with Crippen molar-refractivity contribution in [3.8, 4) is 11.3 Å². The van der Waals surface area contributed by atoms with Crippen LogP contribution in [0, 0.1) is 5.92 Å². The molecule has 1 fully saturated rings. The Kier molecular flexibility index (Phi) is 3.80. The second kappa shape index (κ2) is 5.77. The first kappa shape index (κ1) is 16.5. The van der Waals surface area contributed by atoms with Crippen molar-refractivity contribution < 1.29 is 18.3 Å². The van der Waals surface area contributed by atoms with E-state index in [-0.39, 0.29) is 11.6 Å². The predicted octanol–water partition coefficient (Wildman–Crippen LogP) is 3.82. The van der Waals surface area contributed by atoms with Gasteiger partial charge in [0, 0.05) is 29.0 Å². The Bertz CT molecular complexity index is 807. The number of rotatable bonds is 2. The summed E-state index contributed by atoms with van der Waals surface area (Å²) in [7, 11) is 0. The van der Waals surface area contributed by atoms with Crippen LogP contribution in [0.5, 0.6) is 0 Å². The fraction of sp³-hybridized carbons (Fsp3) is 0.438. The van der Waals surface area contributed by atoms with Crippen molar-refractivity contribution in [3.05, 3.63) is 29.9 Å². The lowest BCUT2D eigenvalue weighted by atomic mass is 9.80. The van der Waals surface area contributed by atoms with Gasteiger partial charge in [0.2, 0.25) is 5.13 Å². The third-order valence-electron chi connectivity index (χ3n) is 4.68. The zero-order valence-electron chi connectivity index (χ0n) is 13.1. The van der Waals surface area contributed by atoms with Gasteiger partial charge in [0.05, 0.1) is 11.6 Å². The van der Waals surface area contributed by atoms with E-state index in [0.717, 1.165) is 23.3 Å². The fourth-order valence-electron chi connectivity index (χ4n) is 3.42. The predicted molar refractivity (Wildman–Crippen MR) is 88.2 cm³/mol. The zero-order chi connectivity index (χ0) is 17.7. The van der Waals surface area contributed by atoms with Gasteiger partial charge in [0.1, 0.15) is 0 Å². The number of hydrogen-bond donors (Lipinski definition) is 1. The molecule has 2 atom stereocenters. The van der Waals surface area contributed by atoms with Crippen LogP contribution in [0.25, 0.3) is 11.3 Å². The standard InChI is InChI=1S/C16H15F3N4OS/c17-16(18,19)15(24)11-3-1-2-4-12(11)22-23(15)14-21-13(9-25-14)10-5-7-20-8-6-10/h5-9,11,24H,1-4H2/t11-,15-/m0/s1. The summed E-state index contributed by atoms with van der Waals surface area (Å²) in [6, 6.07) is 3.45. The topological polar surface area (TPSA) is 61.6 Å². The number of hydrogen-bond acceptors (Lipinski definition) is 6. The van der Waals surface area contributed by atoms with Gasteiger partial charge in [0.25, 0.3) is 5.72 Å². The van der Waals surface area contributed by atoms with E-state index >= 15 is 0 Å². The molecule has 9 heteroatoms. The highest BCUT2D eigenvalue weighted by Gasteiger charge is 2.67. The first-order valence-electron chi connectivity index (χ1n) is 7.94. The van der Waals surface area contributed by atoms with Crippen LogP contribution < -0.4 is 5.01 Å². The molecule has 1 saturated carbocycles. The molecule has 2 aliphatic rings. The summed E-state index contributed by atoms with van der Waals surface area (Å²) in [5, 5.41) is 17.1. The molecule has 0 aromatic carbocycles. The number of alkyl halides is 3. The Morgan fingerprint density at radius 2 is 2.00 bits per heavy atom. The van der Waals surface area contributed by atoms with Gasteiger partial charge in [-0.25, -0.2) is 4.98 Å². The lowest BCUT2D eigenvalue weighted by Crippen LogP contribution is -2.60. The number of hydrazone groups is 1. The van der Waals surface area contributed by atoms with Crippen LogP contribution in [0.1, 0.15) is 25.7 Å². The minimum atomic E-state index is -4.83. The van der Waals surface area contributed by atoms with Crippen LogP contribution in [-0.2, 0) is 0 Å². The highest BCUT2D eigenvalue weighted by Crippen LogP contribution is 2.50. The summed E-state index contributed by atoms with van der Waals surface area (Å²) in [5.41, 5.74) is -1.35. The van der Waals surface area contributed by atoms with Crippen molar-refractivity contribution >= 4 is 22.2 Å². The molecule has 0 unspecified atom stereocenters. The van der Waals surface area contributed by atoms with Gasteiger partial charge in [-0.1, -0.05) is 6.42 Å². The van der Waals surface area contributed by atoms with Crippen LogP contribution in [0.3, 0.4) is 0 Å². The molecule has 1 aliphatic heterocycles. The lowest BCUT2D eigenvalue weighted by molar-refractivity contribution is -0.269. The van der Waals surface area contributed by atoms with E-state index in [1.165, 1.54) is 0 Å². The maximum atomic E-state index is 13.8. The van der Waals surface area contributed by atoms with Crippen LogP contribution in [-0.4, -0.2) is 32.7 Å². The highest BCUT2D eigenvalue weighted by molar-refractivity contribution is 7.14. The second-order valence-electron chi connectivity index (χ2n) is 6.18. The van der Waals surface area contributed by atoms with Crippen molar-refractivity contribution in [1.29, 1.82) is 0 Å². The Labute approximate surface area is 145 Å². The quantitative estimate of drug-likeness (QED) is 0.875. The van der Waals surface area contributed by atoms with E-state index < -0.39 is 17.8 Å². The molecule has 0 bridgehead atoms. The van der Waals surface area contributed by atoms with Crippen LogP contribution in [0.2, 0.25) is 0 Å². The smallest absolute Gasteiger partial charge is 0.362 e. The molecule has 0 spiro atoms. The number of nitrogens with zero attached hydrogens (tertiary/aromatic N) is 4. The van der Waals surface area contributed by atoms with Gasteiger partial charge < -0.3 is 5.11 Å². The molecule has 1 N–H and O–H groups in total. The first-order valence-corrected chi connectivity index (χ1v) is 8.82. The monoisotopic (exact) mass is 368 g/mol. The number of halogens is 3. The van der Waals surface area contributed by atoms with Crippen molar-refractivity contribution in [2.75, 3.05) is 5.01 Å². The Balaban J connectivity index is 1.75. The number of anilines is 1. The average Bonchev–Trinajstić information content (AvgIpc) is 3.19. The second-order valence-corrected chi connectivity index (χ2v) is 7.01. The molecule has 0 radical (unpaired) electrons. The molecule has 0 amide bonds. The molecule has 3 heterocycles. The fourth-order valence-corrected chi connectivity index (χ4v) is 4.26. The van der Waals surface area contributed by atoms with E-state index in [1.54, 1.807) is 29.9 Å². The molecule has 25 heavy (non-hydrogen) atoms. The number of aliphatic hydroxyl groups is 1. The third-order valence-corrected chi connectivity index (χ3v) is 5.50. The molecule has 0 saturated heterocycles. The lowest BCUT2D eigenvalue weighted by Gasteiger charge is -2.38. The molecule has 2 aromatic heterocycles. The van der Waals surface area contributed by atoms with E-state index in [1.807, 2.05) is 0 Å². The van der Waals surface area contributed by atoms with E-state index in [2.05, 4.69) is 15.1 Å². The van der Waals surface area contributed by atoms with Gasteiger partial charge >= 0.3 is 6.18 Å². The van der Waals surface area contributed by atoms with Gasteiger partial charge in [-0.15, -0.1) is 11.3 Å². The average molecular weight is 368 g/mol.